The zero-order valence-corrected chi connectivity index (χ0v) is 26.0. The maximum absolute atomic E-state index is 13.6. The molecule has 3 aromatic carbocycles. The van der Waals surface area contributed by atoms with E-state index in [0.717, 1.165) is 5.56 Å². The van der Waals surface area contributed by atoms with Crippen molar-refractivity contribution in [3.8, 4) is 5.75 Å². The number of benzene rings is 3. The van der Waals surface area contributed by atoms with Crippen molar-refractivity contribution < 1.29 is 46.5 Å². The van der Waals surface area contributed by atoms with Crippen LogP contribution >= 0.6 is 0 Å². The smallest absolute Gasteiger partial charge is 0.410 e. The average molecular weight is 643 g/mol. The first-order valence-electron chi connectivity index (χ1n) is 14.1. The summed E-state index contributed by atoms with van der Waals surface area (Å²) in [6.45, 7) is 6.15. The second-order valence-electron chi connectivity index (χ2n) is 11.7. The number of aliphatic carboxylic acids is 1. The van der Waals surface area contributed by atoms with E-state index in [1.165, 1.54) is 59.8 Å². The minimum absolute atomic E-state index is 0.0237. The highest BCUT2D eigenvalue weighted by Gasteiger charge is 2.52. The minimum Gasteiger partial charge on any atom is -0.480 e. The molecule has 11 nitrogen and oxygen atoms in total. The number of nitrogens with zero attached hydrogens (tertiary/aromatic N) is 1. The number of carboxylic acids is 1. The van der Waals surface area contributed by atoms with Gasteiger partial charge >= 0.3 is 18.0 Å². The molecule has 1 heterocycles. The van der Waals surface area contributed by atoms with E-state index in [1.807, 2.05) is 30.3 Å². The van der Waals surface area contributed by atoms with Crippen molar-refractivity contribution in [3.63, 3.8) is 0 Å². The lowest BCUT2D eigenvalue weighted by Gasteiger charge is -2.48. The first kappa shape index (κ1) is 33.4. The maximum Gasteiger partial charge on any atom is 0.410 e. The monoisotopic (exact) mass is 642 g/mol. The number of carbonyl (C=O) groups excluding carboxylic acids is 2. The van der Waals surface area contributed by atoms with Crippen LogP contribution in [0, 0.1) is 11.2 Å². The van der Waals surface area contributed by atoms with E-state index >= 15 is 0 Å². The fraction of sp³-hybridized carbons (Fsp3) is 0.344. The van der Waals surface area contributed by atoms with Gasteiger partial charge in [-0.15, -0.1) is 0 Å². The van der Waals surface area contributed by atoms with Crippen molar-refractivity contribution in [2.24, 2.45) is 5.41 Å². The summed E-state index contributed by atoms with van der Waals surface area (Å²) in [6.07, 6.45) is -2.66. The topological polar surface area (TPSA) is 149 Å². The van der Waals surface area contributed by atoms with Crippen LogP contribution in [0.25, 0.3) is 0 Å². The molecule has 0 aliphatic carbocycles. The van der Waals surface area contributed by atoms with E-state index in [2.05, 4.69) is 5.32 Å². The Balaban J connectivity index is 1.45. The fourth-order valence-electron chi connectivity index (χ4n) is 4.57. The summed E-state index contributed by atoms with van der Waals surface area (Å²) in [7, 11) is -4.04. The van der Waals surface area contributed by atoms with Gasteiger partial charge < -0.3 is 24.6 Å². The number of carbonyl (C=O) groups is 3. The molecule has 45 heavy (non-hydrogen) atoms. The lowest BCUT2D eigenvalue weighted by Crippen LogP contribution is -2.64. The molecule has 1 aliphatic heterocycles. The Morgan fingerprint density at radius 1 is 0.978 bits per heavy atom. The van der Waals surface area contributed by atoms with E-state index in [4.69, 9.17) is 14.2 Å². The highest BCUT2D eigenvalue weighted by molar-refractivity contribution is 7.89. The number of alkyl carbamates (subject to hydrolysis) is 1. The SMILES string of the molecule is CC(OC(=O)NC(Cc1cccc(S(=O)(=O)N2CC(Oc3ccc(F)cc3)(c3ccccc3)C2)c1)C(=O)O)OC(=O)C(C)(C)C. The molecule has 0 bridgehead atoms. The summed E-state index contributed by atoms with van der Waals surface area (Å²) < 4.78 is 58.2. The lowest BCUT2D eigenvalue weighted by atomic mass is 9.87. The van der Waals surface area contributed by atoms with E-state index in [9.17, 15) is 32.3 Å². The van der Waals surface area contributed by atoms with Gasteiger partial charge in [-0.3, -0.25) is 4.79 Å². The number of sulfonamides is 1. The molecule has 1 aliphatic rings. The number of hydrogen-bond donors (Lipinski definition) is 2. The molecule has 1 amide bonds. The van der Waals surface area contributed by atoms with E-state index in [0.29, 0.717) is 11.3 Å². The van der Waals surface area contributed by atoms with Crippen molar-refractivity contribution in [2.45, 2.75) is 56.9 Å². The third-order valence-electron chi connectivity index (χ3n) is 7.01. The molecule has 2 atom stereocenters. The number of ether oxygens (including phenoxy) is 3. The van der Waals surface area contributed by atoms with Crippen molar-refractivity contribution in [1.29, 1.82) is 0 Å². The van der Waals surface area contributed by atoms with E-state index in [-0.39, 0.29) is 24.4 Å². The molecule has 3 aromatic rings. The average Bonchev–Trinajstić information content (AvgIpc) is 2.95. The molecule has 0 spiro atoms. The third-order valence-corrected chi connectivity index (χ3v) is 8.80. The van der Waals surface area contributed by atoms with Crippen LogP contribution < -0.4 is 10.1 Å². The van der Waals surface area contributed by atoms with Gasteiger partial charge in [-0.05, 0) is 68.3 Å². The summed E-state index contributed by atoms with van der Waals surface area (Å²) in [5.41, 5.74) is -0.772. The van der Waals surface area contributed by atoms with Crippen molar-refractivity contribution in [2.75, 3.05) is 13.1 Å². The standard InChI is InChI=1S/C32H35FN2O9S/c1-21(42-29(38)31(2,3)4)43-30(39)34-27(28(36)37)18-22-9-8-12-26(17-22)45(40,41)35-19-32(20-35,23-10-6-5-7-11-23)44-25-15-13-24(33)14-16-25/h5-17,21,27H,18-20H2,1-4H3,(H,34,39)(H,36,37). The zero-order valence-electron chi connectivity index (χ0n) is 25.2. The van der Waals surface area contributed by atoms with Gasteiger partial charge in [0.2, 0.25) is 16.3 Å². The van der Waals surface area contributed by atoms with Gasteiger partial charge in [0.25, 0.3) is 0 Å². The summed E-state index contributed by atoms with van der Waals surface area (Å²) in [4.78, 5) is 36.2. The number of amides is 1. The highest BCUT2D eigenvalue weighted by atomic mass is 32.2. The normalized spacial score (nSPS) is 16.0. The van der Waals surface area contributed by atoms with Crippen LogP contribution in [0.1, 0.15) is 38.8 Å². The largest absolute Gasteiger partial charge is 0.480 e. The van der Waals surface area contributed by atoms with Crippen molar-refractivity contribution >= 4 is 28.1 Å². The van der Waals surface area contributed by atoms with Crippen LogP contribution in [0.3, 0.4) is 0 Å². The van der Waals surface area contributed by atoms with Crippen LogP contribution in [0.4, 0.5) is 9.18 Å². The highest BCUT2D eigenvalue weighted by Crippen LogP contribution is 2.40. The summed E-state index contributed by atoms with van der Waals surface area (Å²) >= 11 is 0. The molecule has 0 aromatic heterocycles. The molecule has 1 fully saturated rings. The maximum atomic E-state index is 13.6. The van der Waals surface area contributed by atoms with Gasteiger partial charge in [0, 0.05) is 13.3 Å². The summed E-state index contributed by atoms with van der Waals surface area (Å²) in [5, 5.41) is 11.9. The van der Waals surface area contributed by atoms with Crippen LogP contribution in [-0.2, 0) is 41.1 Å². The lowest BCUT2D eigenvalue weighted by molar-refractivity contribution is -0.174. The molecule has 240 valence electrons. The molecular formula is C32H35FN2O9S. The second-order valence-corrected chi connectivity index (χ2v) is 13.6. The third kappa shape index (κ3) is 8.17. The van der Waals surface area contributed by atoms with E-state index < -0.39 is 57.2 Å². The number of nitrogens with one attached hydrogen (secondary N) is 1. The molecule has 4 rings (SSSR count). The Labute approximate surface area is 261 Å². The van der Waals surface area contributed by atoms with Crippen molar-refractivity contribution in [1.82, 2.24) is 9.62 Å². The van der Waals surface area contributed by atoms with Gasteiger partial charge in [-0.1, -0.05) is 42.5 Å². The number of carboxylic acid groups (broad SMARTS) is 1. The van der Waals surface area contributed by atoms with Crippen LogP contribution in [0.5, 0.6) is 5.75 Å². The van der Waals surface area contributed by atoms with Crippen LogP contribution in [0.15, 0.2) is 83.8 Å². The first-order chi connectivity index (χ1) is 21.1. The first-order valence-corrected chi connectivity index (χ1v) is 15.5. The molecule has 2 N–H and O–H groups in total. The number of halogens is 1. The molecule has 0 radical (unpaired) electrons. The second kappa shape index (κ2) is 13.2. The van der Waals surface area contributed by atoms with Crippen LogP contribution in [-0.4, -0.2) is 61.3 Å². The van der Waals surface area contributed by atoms with Crippen LogP contribution in [0.2, 0.25) is 0 Å². The van der Waals surface area contributed by atoms with Gasteiger partial charge in [0.15, 0.2) is 5.60 Å². The van der Waals surface area contributed by atoms with Gasteiger partial charge in [-0.2, -0.15) is 4.31 Å². The molecule has 2 unspecified atom stereocenters. The number of esters is 1. The Kier molecular flexibility index (Phi) is 9.83. The predicted octanol–water partition coefficient (Wildman–Crippen LogP) is 4.46. The fourth-order valence-corrected chi connectivity index (χ4v) is 6.17. The zero-order chi connectivity index (χ0) is 33.0. The molecule has 13 heteroatoms. The molecular weight excluding hydrogens is 607 g/mol. The van der Waals surface area contributed by atoms with Gasteiger partial charge in [0.05, 0.1) is 23.4 Å². The summed E-state index contributed by atoms with van der Waals surface area (Å²) in [6, 6.07) is 18.9. The predicted molar refractivity (Wildman–Crippen MR) is 160 cm³/mol. The Bertz CT molecular complexity index is 1640. The minimum atomic E-state index is -4.04. The van der Waals surface area contributed by atoms with Gasteiger partial charge in [0.1, 0.15) is 17.6 Å². The number of hydrogen-bond acceptors (Lipinski definition) is 8. The number of rotatable bonds is 11. The molecule has 0 saturated carbocycles. The Hall–Kier alpha value is -4.49. The summed E-state index contributed by atoms with van der Waals surface area (Å²) in [5.74, 6) is -2.04. The van der Waals surface area contributed by atoms with Gasteiger partial charge in [-0.25, -0.2) is 22.4 Å². The van der Waals surface area contributed by atoms with Crippen molar-refractivity contribution in [3.05, 3.63) is 95.8 Å². The Morgan fingerprint density at radius 3 is 2.22 bits per heavy atom. The quantitative estimate of drug-likeness (QED) is 0.228. The molecule has 1 saturated heterocycles. The van der Waals surface area contributed by atoms with E-state index in [1.54, 1.807) is 20.8 Å². The Morgan fingerprint density at radius 2 is 1.62 bits per heavy atom.